The van der Waals surface area contributed by atoms with Crippen LogP contribution >= 0.6 is 15.9 Å². The Labute approximate surface area is 84.1 Å². The molecule has 0 aliphatic heterocycles. The topological polar surface area (TPSA) is 0 Å². The van der Waals surface area contributed by atoms with Crippen molar-refractivity contribution in [2.45, 2.75) is 6.92 Å². The highest BCUT2D eigenvalue weighted by Gasteiger charge is 1.93. The quantitative estimate of drug-likeness (QED) is 0.581. The Kier molecular flexibility index (Phi) is 4.48. The maximum Gasteiger partial charge on any atom is 0.316 e. The molecular formula is C7H8BrFMg. The molecule has 1 aromatic carbocycles. The summed E-state index contributed by atoms with van der Waals surface area (Å²) in [4.78, 5) is 0. The average Bonchev–Trinajstić information content (AvgIpc) is 1.80. The Morgan fingerprint density at radius 2 is 2.00 bits per heavy atom. The van der Waals surface area contributed by atoms with Crippen molar-refractivity contribution >= 4 is 39.0 Å². The molecule has 0 aromatic heterocycles. The van der Waals surface area contributed by atoms with Crippen LogP contribution in [0.5, 0.6) is 0 Å². The summed E-state index contributed by atoms with van der Waals surface area (Å²) in [6.45, 7) is 1.85. The van der Waals surface area contributed by atoms with E-state index in [2.05, 4.69) is 15.9 Å². The van der Waals surface area contributed by atoms with Gasteiger partial charge in [0.25, 0.3) is 0 Å². The van der Waals surface area contributed by atoms with Gasteiger partial charge >= 0.3 is 23.1 Å². The monoisotopic (exact) mass is 214 g/mol. The summed E-state index contributed by atoms with van der Waals surface area (Å²) in [7, 11) is 0. The van der Waals surface area contributed by atoms with Gasteiger partial charge < -0.3 is 0 Å². The first-order chi connectivity index (χ1) is 4.20. The molecular weight excluding hydrogens is 207 g/mol. The highest BCUT2D eigenvalue weighted by molar-refractivity contribution is 9.10. The maximum atomic E-state index is 12.3. The fraction of sp³-hybridized carbons (Fsp3) is 0.143. The van der Waals surface area contributed by atoms with E-state index in [4.69, 9.17) is 0 Å². The molecule has 0 amide bonds. The average molecular weight is 215 g/mol. The van der Waals surface area contributed by atoms with E-state index in [0.29, 0.717) is 0 Å². The molecule has 0 saturated heterocycles. The Morgan fingerprint density at radius 1 is 1.40 bits per heavy atom. The first kappa shape index (κ1) is 10.4. The van der Waals surface area contributed by atoms with Gasteiger partial charge in [0.1, 0.15) is 5.82 Å². The molecule has 0 N–H and O–H groups in total. The SMILES string of the molecule is Cc1cc(F)ccc1Br.[MgH2]. The minimum atomic E-state index is -0.185. The maximum absolute atomic E-state index is 12.3. The van der Waals surface area contributed by atoms with Crippen molar-refractivity contribution in [3.8, 4) is 0 Å². The van der Waals surface area contributed by atoms with Crippen LogP contribution in [-0.2, 0) is 0 Å². The van der Waals surface area contributed by atoms with Crippen LogP contribution in [0.3, 0.4) is 0 Å². The lowest BCUT2D eigenvalue weighted by atomic mass is 10.2. The van der Waals surface area contributed by atoms with Crippen molar-refractivity contribution in [2.24, 2.45) is 0 Å². The van der Waals surface area contributed by atoms with Gasteiger partial charge in [-0.25, -0.2) is 4.39 Å². The summed E-state index contributed by atoms with van der Waals surface area (Å²) < 4.78 is 13.3. The van der Waals surface area contributed by atoms with Crippen molar-refractivity contribution in [1.29, 1.82) is 0 Å². The fourth-order valence-electron chi connectivity index (χ4n) is 0.608. The van der Waals surface area contributed by atoms with Crippen LogP contribution in [0.2, 0.25) is 0 Å². The standard InChI is InChI=1S/C7H6BrF.Mg.2H/c1-5-4-6(9)2-3-7(5)8;;;/h2-4H,1H3;;;. The van der Waals surface area contributed by atoms with Crippen molar-refractivity contribution in [2.75, 3.05) is 0 Å². The van der Waals surface area contributed by atoms with Crippen molar-refractivity contribution in [1.82, 2.24) is 0 Å². The fourth-order valence-corrected chi connectivity index (χ4v) is 0.855. The third kappa shape index (κ3) is 2.56. The molecule has 0 aliphatic carbocycles. The molecule has 1 rings (SSSR count). The van der Waals surface area contributed by atoms with Crippen LogP contribution < -0.4 is 0 Å². The predicted molar refractivity (Wildman–Crippen MR) is 47.4 cm³/mol. The molecule has 0 fully saturated rings. The molecule has 52 valence electrons. The number of aryl methyl sites for hydroxylation is 1. The van der Waals surface area contributed by atoms with Gasteiger partial charge in [0, 0.05) is 4.47 Å². The zero-order chi connectivity index (χ0) is 6.85. The lowest BCUT2D eigenvalue weighted by Gasteiger charge is -1.94. The first-order valence-corrected chi connectivity index (χ1v) is 3.41. The zero-order valence-electron chi connectivity index (χ0n) is 4.99. The second-order valence-corrected chi connectivity index (χ2v) is 2.75. The van der Waals surface area contributed by atoms with Gasteiger partial charge in [-0.15, -0.1) is 0 Å². The van der Waals surface area contributed by atoms with Crippen LogP contribution in [0.4, 0.5) is 4.39 Å². The molecule has 1 aromatic rings. The van der Waals surface area contributed by atoms with E-state index in [1.165, 1.54) is 12.1 Å². The normalized spacial score (nSPS) is 8.70. The van der Waals surface area contributed by atoms with E-state index in [-0.39, 0.29) is 28.9 Å². The van der Waals surface area contributed by atoms with E-state index in [0.717, 1.165) is 10.0 Å². The molecule has 0 aliphatic rings. The summed E-state index contributed by atoms with van der Waals surface area (Å²) in [5.74, 6) is -0.185. The number of rotatable bonds is 0. The first-order valence-electron chi connectivity index (χ1n) is 2.62. The summed E-state index contributed by atoms with van der Waals surface area (Å²) in [5.41, 5.74) is 0.926. The lowest BCUT2D eigenvalue weighted by molar-refractivity contribution is 0.626. The Bertz CT molecular complexity index is 225. The highest BCUT2D eigenvalue weighted by atomic mass is 79.9. The van der Waals surface area contributed by atoms with E-state index >= 15 is 0 Å². The Hall–Kier alpha value is 0.396. The summed E-state index contributed by atoms with van der Waals surface area (Å²) in [6, 6.07) is 4.62. The van der Waals surface area contributed by atoms with Gasteiger partial charge in [0.2, 0.25) is 0 Å². The van der Waals surface area contributed by atoms with Crippen LogP contribution in [0.15, 0.2) is 22.7 Å². The largest absolute Gasteiger partial charge is 0.316 e. The zero-order valence-corrected chi connectivity index (χ0v) is 6.57. The second kappa shape index (κ2) is 4.31. The molecule has 3 heteroatoms. The van der Waals surface area contributed by atoms with Crippen LogP contribution in [0, 0.1) is 12.7 Å². The summed E-state index contributed by atoms with van der Waals surface area (Å²) >= 11 is 3.26. The van der Waals surface area contributed by atoms with Gasteiger partial charge in [-0.2, -0.15) is 0 Å². The molecule has 0 bridgehead atoms. The molecule has 0 spiro atoms. The van der Waals surface area contributed by atoms with Gasteiger partial charge in [0.15, 0.2) is 0 Å². The van der Waals surface area contributed by atoms with Crippen molar-refractivity contribution in [3.63, 3.8) is 0 Å². The van der Waals surface area contributed by atoms with Crippen molar-refractivity contribution < 1.29 is 4.39 Å². The van der Waals surface area contributed by atoms with Crippen LogP contribution in [-0.4, -0.2) is 23.1 Å². The molecule has 0 radical (unpaired) electrons. The third-order valence-corrected chi connectivity index (χ3v) is 2.01. The predicted octanol–water partition coefficient (Wildman–Crippen LogP) is 1.98. The lowest BCUT2D eigenvalue weighted by Crippen LogP contribution is -1.76. The minimum absolute atomic E-state index is 0. The summed E-state index contributed by atoms with van der Waals surface area (Å²) in [6.07, 6.45) is 0. The number of halogens is 2. The van der Waals surface area contributed by atoms with Gasteiger partial charge in [-0.05, 0) is 30.7 Å². The van der Waals surface area contributed by atoms with E-state index in [1.807, 2.05) is 6.92 Å². The van der Waals surface area contributed by atoms with Gasteiger partial charge in [0.05, 0.1) is 0 Å². The van der Waals surface area contributed by atoms with Crippen molar-refractivity contribution in [3.05, 3.63) is 34.1 Å². The highest BCUT2D eigenvalue weighted by Crippen LogP contribution is 2.15. The molecule has 0 atom stereocenters. The van der Waals surface area contributed by atoms with Gasteiger partial charge in [-0.1, -0.05) is 15.9 Å². The number of hydrogen-bond donors (Lipinski definition) is 0. The van der Waals surface area contributed by atoms with E-state index < -0.39 is 0 Å². The molecule has 10 heavy (non-hydrogen) atoms. The Balaban J connectivity index is 0.000000810. The molecule has 0 saturated carbocycles. The smallest absolute Gasteiger partial charge is 0.207 e. The molecule has 0 unspecified atom stereocenters. The molecule has 0 nitrogen and oxygen atoms in total. The Morgan fingerprint density at radius 3 is 2.40 bits per heavy atom. The number of benzene rings is 1. The second-order valence-electron chi connectivity index (χ2n) is 1.89. The van der Waals surface area contributed by atoms with Gasteiger partial charge in [-0.3, -0.25) is 0 Å². The third-order valence-electron chi connectivity index (χ3n) is 1.12. The number of hydrogen-bond acceptors (Lipinski definition) is 0. The van der Waals surface area contributed by atoms with E-state index in [9.17, 15) is 4.39 Å². The van der Waals surface area contributed by atoms with Crippen LogP contribution in [0.25, 0.3) is 0 Å². The molecule has 0 heterocycles. The minimum Gasteiger partial charge on any atom is -0.207 e. The van der Waals surface area contributed by atoms with Crippen LogP contribution in [0.1, 0.15) is 5.56 Å². The summed E-state index contributed by atoms with van der Waals surface area (Å²) in [5, 5.41) is 0. The van der Waals surface area contributed by atoms with E-state index in [1.54, 1.807) is 6.07 Å².